The van der Waals surface area contributed by atoms with Crippen LogP contribution >= 0.6 is 23.2 Å². The largest absolute Gasteiger partial charge is 0.363 e. The average Bonchev–Trinajstić information content (AvgIpc) is 2.91. The summed E-state index contributed by atoms with van der Waals surface area (Å²) in [6.45, 7) is 0.662. The standard InChI is InChI=1S/C11H8Cl2O/c1-2-5-11(7-14-11)8-3-4-9(12)10(13)6-8/h1,3-4,6H,5,7H2. The molecule has 0 N–H and O–H groups in total. The van der Waals surface area contributed by atoms with Crippen molar-refractivity contribution in [3.63, 3.8) is 0 Å². The van der Waals surface area contributed by atoms with E-state index in [1.54, 1.807) is 6.07 Å². The van der Waals surface area contributed by atoms with Crippen LogP contribution in [0.3, 0.4) is 0 Å². The van der Waals surface area contributed by atoms with Crippen molar-refractivity contribution in [3.8, 4) is 12.3 Å². The quantitative estimate of drug-likeness (QED) is 0.558. The smallest absolute Gasteiger partial charge is 0.127 e. The fraction of sp³-hybridized carbons (Fsp3) is 0.273. The molecule has 0 radical (unpaired) electrons. The third kappa shape index (κ3) is 1.62. The van der Waals surface area contributed by atoms with Gasteiger partial charge in [-0.2, -0.15) is 0 Å². The zero-order chi connectivity index (χ0) is 10.2. The summed E-state index contributed by atoms with van der Waals surface area (Å²) >= 11 is 11.7. The molecule has 1 atom stereocenters. The van der Waals surface area contributed by atoms with Crippen molar-refractivity contribution in [2.24, 2.45) is 0 Å². The molecule has 0 bridgehead atoms. The Kier molecular flexibility index (Phi) is 2.45. The summed E-state index contributed by atoms with van der Waals surface area (Å²) < 4.78 is 5.37. The summed E-state index contributed by atoms with van der Waals surface area (Å²) in [4.78, 5) is 0. The number of rotatable bonds is 2. The maximum absolute atomic E-state index is 5.91. The Morgan fingerprint density at radius 2 is 2.14 bits per heavy atom. The summed E-state index contributed by atoms with van der Waals surface area (Å²) in [6.07, 6.45) is 5.85. The van der Waals surface area contributed by atoms with E-state index in [1.165, 1.54) is 0 Å². The van der Waals surface area contributed by atoms with E-state index in [4.69, 9.17) is 34.4 Å². The second-order valence-electron chi connectivity index (χ2n) is 3.29. The summed E-state index contributed by atoms with van der Waals surface area (Å²) in [5.41, 5.74) is 0.702. The van der Waals surface area contributed by atoms with Crippen LogP contribution in [0.15, 0.2) is 18.2 Å². The van der Waals surface area contributed by atoms with Crippen LogP contribution in [0.4, 0.5) is 0 Å². The van der Waals surface area contributed by atoms with Gasteiger partial charge in [-0.3, -0.25) is 0 Å². The van der Waals surface area contributed by atoms with E-state index < -0.39 is 0 Å². The predicted octanol–water partition coefficient (Wildman–Crippen LogP) is 3.24. The van der Waals surface area contributed by atoms with Crippen molar-refractivity contribution in [1.29, 1.82) is 0 Å². The second kappa shape index (κ2) is 3.47. The van der Waals surface area contributed by atoms with E-state index in [1.807, 2.05) is 12.1 Å². The first kappa shape index (κ1) is 9.86. The molecule has 1 fully saturated rings. The molecule has 0 spiro atoms. The second-order valence-corrected chi connectivity index (χ2v) is 4.11. The van der Waals surface area contributed by atoms with Gasteiger partial charge >= 0.3 is 0 Å². The number of terminal acetylenes is 1. The minimum Gasteiger partial charge on any atom is -0.363 e. The maximum Gasteiger partial charge on any atom is 0.127 e. The molecule has 0 amide bonds. The van der Waals surface area contributed by atoms with Crippen molar-refractivity contribution >= 4 is 23.2 Å². The highest BCUT2D eigenvalue weighted by atomic mass is 35.5. The monoisotopic (exact) mass is 226 g/mol. The minimum atomic E-state index is -0.303. The fourth-order valence-electron chi connectivity index (χ4n) is 1.40. The summed E-state index contributed by atoms with van der Waals surface area (Å²) in [6, 6.07) is 5.48. The fourth-order valence-corrected chi connectivity index (χ4v) is 1.70. The summed E-state index contributed by atoms with van der Waals surface area (Å²) in [7, 11) is 0. The molecule has 0 aliphatic carbocycles. The summed E-state index contributed by atoms with van der Waals surface area (Å²) in [5, 5.41) is 1.09. The number of halogens is 2. The van der Waals surface area contributed by atoms with Gasteiger partial charge in [-0.05, 0) is 17.7 Å². The Labute approximate surface area is 93.0 Å². The normalized spacial score (nSPS) is 24.4. The van der Waals surface area contributed by atoms with Crippen molar-refractivity contribution in [2.75, 3.05) is 6.61 Å². The number of hydrogen-bond donors (Lipinski definition) is 0. The molecule has 1 aromatic carbocycles. The highest BCUT2D eigenvalue weighted by Crippen LogP contribution is 2.43. The van der Waals surface area contributed by atoms with Crippen LogP contribution in [0.25, 0.3) is 0 Å². The van der Waals surface area contributed by atoms with Crippen LogP contribution < -0.4 is 0 Å². The lowest BCUT2D eigenvalue weighted by atomic mass is 9.97. The van der Waals surface area contributed by atoms with Crippen molar-refractivity contribution < 1.29 is 4.74 Å². The van der Waals surface area contributed by atoms with Gasteiger partial charge in [-0.15, -0.1) is 12.3 Å². The van der Waals surface area contributed by atoms with Gasteiger partial charge in [0.15, 0.2) is 0 Å². The SMILES string of the molecule is C#CCC1(c2ccc(Cl)c(Cl)c2)CO1. The number of benzene rings is 1. The number of ether oxygens (including phenoxy) is 1. The lowest BCUT2D eigenvalue weighted by Crippen LogP contribution is -2.07. The molecule has 72 valence electrons. The molecule has 2 rings (SSSR count). The first-order valence-corrected chi connectivity index (χ1v) is 4.96. The van der Waals surface area contributed by atoms with Crippen LogP contribution in [-0.2, 0) is 10.3 Å². The topological polar surface area (TPSA) is 12.5 Å². The van der Waals surface area contributed by atoms with Gasteiger partial charge in [0, 0.05) is 6.42 Å². The molecule has 1 aliphatic heterocycles. The van der Waals surface area contributed by atoms with Crippen molar-refractivity contribution in [2.45, 2.75) is 12.0 Å². The van der Waals surface area contributed by atoms with Gasteiger partial charge in [-0.25, -0.2) is 0 Å². The Bertz CT molecular complexity index is 402. The van der Waals surface area contributed by atoms with E-state index in [9.17, 15) is 0 Å². The molecule has 1 aliphatic rings. The molecule has 1 unspecified atom stereocenters. The minimum absolute atomic E-state index is 0.303. The Morgan fingerprint density at radius 3 is 2.64 bits per heavy atom. The van der Waals surface area contributed by atoms with Crippen molar-refractivity contribution in [3.05, 3.63) is 33.8 Å². The van der Waals surface area contributed by atoms with Crippen LogP contribution in [0, 0.1) is 12.3 Å². The summed E-state index contributed by atoms with van der Waals surface area (Å²) in [5.74, 6) is 2.60. The third-order valence-electron chi connectivity index (χ3n) is 2.33. The van der Waals surface area contributed by atoms with E-state index in [2.05, 4.69) is 5.92 Å². The maximum atomic E-state index is 5.91. The van der Waals surface area contributed by atoms with Gasteiger partial charge in [-0.1, -0.05) is 29.3 Å². The third-order valence-corrected chi connectivity index (χ3v) is 3.07. The Hall–Kier alpha value is -0.680. The van der Waals surface area contributed by atoms with Gasteiger partial charge in [0.05, 0.1) is 16.7 Å². The van der Waals surface area contributed by atoms with Gasteiger partial charge in [0.2, 0.25) is 0 Å². The Balaban J connectivity index is 2.34. The lowest BCUT2D eigenvalue weighted by Gasteiger charge is -2.09. The van der Waals surface area contributed by atoms with E-state index in [-0.39, 0.29) is 5.60 Å². The Morgan fingerprint density at radius 1 is 1.43 bits per heavy atom. The molecule has 0 saturated carbocycles. The number of hydrogen-bond acceptors (Lipinski definition) is 1. The van der Waals surface area contributed by atoms with Crippen LogP contribution in [-0.4, -0.2) is 6.61 Å². The zero-order valence-corrected chi connectivity index (χ0v) is 8.90. The van der Waals surface area contributed by atoms with E-state index >= 15 is 0 Å². The predicted molar refractivity (Wildman–Crippen MR) is 57.5 cm³/mol. The first-order valence-electron chi connectivity index (χ1n) is 4.21. The van der Waals surface area contributed by atoms with Crippen LogP contribution in [0.2, 0.25) is 10.0 Å². The molecular weight excluding hydrogens is 219 g/mol. The van der Waals surface area contributed by atoms with Gasteiger partial charge in [0.1, 0.15) is 5.60 Å². The molecule has 14 heavy (non-hydrogen) atoms. The average molecular weight is 227 g/mol. The molecule has 3 heteroatoms. The highest BCUT2D eigenvalue weighted by Gasteiger charge is 2.45. The molecular formula is C11H8Cl2O. The number of epoxide rings is 1. The van der Waals surface area contributed by atoms with E-state index in [0.29, 0.717) is 23.1 Å². The molecule has 1 saturated heterocycles. The molecule has 1 aromatic rings. The van der Waals surface area contributed by atoms with Crippen LogP contribution in [0.5, 0.6) is 0 Å². The van der Waals surface area contributed by atoms with Crippen LogP contribution in [0.1, 0.15) is 12.0 Å². The molecule has 1 nitrogen and oxygen atoms in total. The molecule has 1 heterocycles. The van der Waals surface area contributed by atoms with Gasteiger partial charge in [0.25, 0.3) is 0 Å². The first-order chi connectivity index (χ1) is 6.68. The van der Waals surface area contributed by atoms with E-state index in [0.717, 1.165) is 5.56 Å². The van der Waals surface area contributed by atoms with Crippen molar-refractivity contribution in [1.82, 2.24) is 0 Å². The highest BCUT2D eigenvalue weighted by molar-refractivity contribution is 6.42. The molecule has 0 aromatic heterocycles. The zero-order valence-electron chi connectivity index (χ0n) is 7.39. The lowest BCUT2D eigenvalue weighted by molar-refractivity contribution is 0.313. The van der Waals surface area contributed by atoms with Gasteiger partial charge < -0.3 is 4.74 Å².